The minimum Gasteiger partial charge on any atom is -0.322 e. The summed E-state index contributed by atoms with van der Waals surface area (Å²) in [6.07, 6.45) is 2.74. The van der Waals surface area contributed by atoms with Gasteiger partial charge in [-0.3, -0.25) is 19.8 Å². The normalized spacial score (nSPS) is 11.1. The monoisotopic (exact) mass is 410 g/mol. The van der Waals surface area contributed by atoms with Crippen LogP contribution in [0.3, 0.4) is 0 Å². The molecule has 0 saturated carbocycles. The second-order valence-corrected chi connectivity index (χ2v) is 7.24. The van der Waals surface area contributed by atoms with Gasteiger partial charge in [0, 0.05) is 34.4 Å². The SMILES string of the molecule is Cc1n[nH]c(C)c1CCc1cc(=O)n2[nH]cc(C(=O)Nc3ccc(Cl)cc3)c2n1. The molecule has 0 aliphatic rings. The fraction of sp³-hybridized carbons (Fsp3) is 0.200. The third kappa shape index (κ3) is 3.79. The van der Waals surface area contributed by atoms with Crippen LogP contribution in [-0.2, 0) is 12.8 Å². The van der Waals surface area contributed by atoms with Crippen LogP contribution in [0.15, 0.2) is 41.3 Å². The molecular formula is C20H19ClN6O2. The first kappa shape index (κ1) is 18.9. The summed E-state index contributed by atoms with van der Waals surface area (Å²) in [6.45, 7) is 3.90. The number of rotatable bonds is 5. The van der Waals surface area contributed by atoms with Crippen LogP contribution in [0, 0.1) is 13.8 Å². The molecule has 9 heteroatoms. The standard InChI is InChI=1S/C20H19ClN6O2/c1-11-16(12(2)26-25-11)8-7-15-9-18(28)27-19(23-15)17(10-22-27)20(29)24-14-5-3-13(21)4-6-14/h3-6,9-10,22H,7-8H2,1-2H3,(H,24,29)(H,25,26). The van der Waals surface area contributed by atoms with Gasteiger partial charge in [0.05, 0.1) is 5.69 Å². The molecule has 4 rings (SSSR count). The molecule has 1 amide bonds. The number of aryl methyl sites for hydroxylation is 3. The quantitative estimate of drug-likeness (QED) is 0.470. The van der Waals surface area contributed by atoms with Gasteiger partial charge in [0.25, 0.3) is 11.5 Å². The van der Waals surface area contributed by atoms with Crippen LogP contribution >= 0.6 is 11.6 Å². The first-order valence-corrected chi connectivity index (χ1v) is 9.47. The van der Waals surface area contributed by atoms with Crippen molar-refractivity contribution in [1.82, 2.24) is 24.8 Å². The molecule has 3 aromatic heterocycles. The lowest BCUT2D eigenvalue weighted by atomic mass is 10.1. The number of hydrogen-bond donors (Lipinski definition) is 3. The first-order valence-electron chi connectivity index (χ1n) is 9.10. The lowest BCUT2D eigenvalue weighted by Gasteiger charge is -2.05. The summed E-state index contributed by atoms with van der Waals surface area (Å²) in [7, 11) is 0. The number of aromatic nitrogens is 5. The third-order valence-electron chi connectivity index (χ3n) is 4.81. The molecule has 1 aromatic carbocycles. The van der Waals surface area contributed by atoms with E-state index in [1.807, 2.05) is 13.8 Å². The van der Waals surface area contributed by atoms with Gasteiger partial charge in [-0.2, -0.15) is 5.10 Å². The number of nitrogens with one attached hydrogen (secondary N) is 3. The Kier molecular flexibility index (Phi) is 4.94. The topological polar surface area (TPSA) is 108 Å². The smallest absolute Gasteiger partial charge is 0.272 e. The van der Waals surface area contributed by atoms with E-state index in [-0.39, 0.29) is 17.0 Å². The number of hydrogen-bond acceptors (Lipinski definition) is 4. The molecule has 0 aliphatic carbocycles. The van der Waals surface area contributed by atoms with Crippen LogP contribution in [0.5, 0.6) is 0 Å². The Hall–Kier alpha value is -3.39. The van der Waals surface area contributed by atoms with Crippen LogP contribution in [0.2, 0.25) is 5.02 Å². The zero-order chi connectivity index (χ0) is 20.5. The molecule has 0 bridgehead atoms. The second kappa shape index (κ2) is 7.56. The van der Waals surface area contributed by atoms with Crippen LogP contribution < -0.4 is 10.9 Å². The van der Waals surface area contributed by atoms with Crippen molar-refractivity contribution in [3.8, 4) is 0 Å². The van der Waals surface area contributed by atoms with E-state index >= 15 is 0 Å². The molecule has 0 atom stereocenters. The van der Waals surface area contributed by atoms with Crippen LogP contribution in [0.4, 0.5) is 5.69 Å². The summed E-state index contributed by atoms with van der Waals surface area (Å²) in [5.41, 5.74) is 4.58. The Morgan fingerprint density at radius 1 is 1.21 bits per heavy atom. The van der Waals surface area contributed by atoms with E-state index in [0.29, 0.717) is 34.9 Å². The van der Waals surface area contributed by atoms with Crippen molar-refractivity contribution >= 4 is 28.8 Å². The van der Waals surface area contributed by atoms with Gasteiger partial charge >= 0.3 is 0 Å². The molecule has 3 N–H and O–H groups in total. The minimum atomic E-state index is -0.364. The maximum atomic E-state index is 12.7. The van der Waals surface area contributed by atoms with Gasteiger partial charge in [0.15, 0.2) is 5.65 Å². The van der Waals surface area contributed by atoms with E-state index in [9.17, 15) is 9.59 Å². The Bertz CT molecular complexity index is 1230. The van der Waals surface area contributed by atoms with Crippen molar-refractivity contribution in [2.45, 2.75) is 26.7 Å². The van der Waals surface area contributed by atoms with Gasteiger partial charge in [0.1, 0.15) is 5.56 Å². The Morgan fingerprint density at radius 3 is 2.66 bits per heavy atom. The number of amides is 1. The van der Waals surface area contributed by atoms with Crippen molar-refractivity contribution in [2.75, 3.05) is 5.32 Å². The lowest BCUT2D eigenvalue weighted by molar-refractivity contribution is 0.102. The lowest BCUT2D eigenvalue weighted by Crippen LogP contribution is -2.18. The molecule has 4 aromatic rings. The zero-order valence-corrected chi connectivity index (χ0v) is 16.7. The first-order chi connectivity index (χ1) is 13.9. The van der Waals surface area contributed by atoms with E-state index in [0.717, 1.165) is 17.0 Å². The highest BCUT2D eigenvalue weighted by Gasteiger charge is 2.16. The highest BCUT2D eigenvalue weighted by atomic mass is 35.5. The van der Waals surface area contributed by atoms with Crippen molar-refractivity contribution in [1.29, 1.82) is 0 Å². The van der Waals surface area contributed by atoms with E-state index in [1.165, 1.54) is 16.8 Å². The predicted octanol–water partition coefficient (Wildman–Crippen LogP) is 3.05. The molecule has 0 saturated heterocycles. The second-order valence-electron chi connectivity index (χ2n) is 6.81. The highest BCUT2D eigenvalue weighted by molar-refractivity contribution is 6.30. The van der Waals surface area contributed by atoms with Crippen LogP contribution in [-0.4, -0.2) is 30.7 Å². The Morgan fingerprint density at radius 2 is 1.97 bits per heavy atom. The number of fused-ring (bicyclic) bond motifs is 1. The molecular weight excluding hydrogens is 392 g/mol. The summed E-state index contributed by atoms with van der Waals surface area (Å²) < 4.78 is 1.26. The van der Waals surface area contributed by atoms with Crippen molar-refractivity contribution in [2.24, 2.45) is 0 Å². The molecule has 3 heterocycles. The average molecular weight is 411 g/mol. The summed E-state index contributed by atoms with van der Waals surface area (Å²) in [5, 5.41) is 13.3. The predicted molar refractivity (Wildman–Crippen MR) is 111 cm³/mol. The van der Waals surface area contributed by atoms with Gasteiger partial charge in [-0.25, -0.2) is 9.50 Å². The summed E-state index contributed by atoms with van der Waals surface area (Å²) in [6, 6.07) is 8.26. The fourth-order valence-electron chi connectivity index (χ4n) is 3.25. The zero-order valence-electron chi connectivity index (χ0n) is 15.9. The third-order valence-corrected chi connectivity index (χ3v) is 5.06. The number of aromatic amines is 2. The van der Waals surface area contributed by atoms with Gasteiger partial charge in [0.2, 0.25) is 0 Å². The summed E-state index contributed by atoms with van der Waals surface area (Å²) >= 11 is 5.88. The van der Waals surface area contributed by atoms with E-state index in [1.54, 1.807) is 24.3 Å². The van der Waals surface area contributed by atoms with Crippen molar-refractivity contribution < 1.29 is 4.79 Å². The van der Waals surface area contributed by atoms with Crippen molar-refractivity contribution in [3.05, 3.63) is 80.1 Å². The van der Waals surface area contributed by atoms with Crippen molar-refractivity contribution in [3.63, 3.8) is 0 Å². The average Bonchev–Trinajstić information content (AvgIpc) is 3.26. The molecule has 0 unspecified atom stereocenters. The van der Waals surface area contributed by atoms with Crippen LogP contribution in [0.25, 0.3) is 5.65 Å². The van der Waals surface area contributed by atoms with Crippen LogP contribution in [0.1, 0.15) is 33.0 Å². The highest BCUT2D eigenvalue weighted by Crippen LogP contribution is 2.16. The molecule has 0 fully saturated rings. The number of benzene rings is 1. The van der Waals surface area contributed by atoms with E-state index in [4.69, 9.17) is 11.6 Å². The molecule has 8 nitrogen and oxygen atoms in total. The number of halogens is 1. The van der Waals surface area contributed by atoms with Gasteiger partial charge in [-0.15, -0.1) is 0 Å². The molecule has 0 spiro atoms. The van der Waals surface area contributed by atoms with E-state index < -0.39 is 0 Å². The number of H-pyrrole nitrogens is 2. The minimum absolute atomic E-state index is 0.267. The number of nitrogens with zero attached hydrogens (tertiary/aromatic N) is 3. The number of carbonyl (C=O) groups excluding carboxylic acids is 1. The summed E-state index contributed by atoms with van der Waals surface area (Å²) in [4.78, 5) is 29.7. The van der Waals surface area contributed by atoms with Gasteiger partial charge < -0.3 is 5.32 Å². The molecule has 148 valence electrons. The summed E-state index contributed by atoms with van der Waals surface area (Å²) in [5.74, 6) is -0.364. The maximum Gasteiger partial charge on any atom is 0.272 e. The number of carbonyl (C=O) groups is 1. The number of anilines is 1. The largest absolute Gasteiger partial charge is 0.322 e. The Balaban J connectivity index is 1.61. The fourth-order valence-corrected chi connectivity index (χ4v) is 3.38. The molecule has 29 heavy (non-hydrogen) atoms. The molecule has 0 radical (unpaired) electrons. The van der Waals surface area contributed by atoms with E-state index in [2.05, 4.69) is 25.6 Å². The maximum absolute atomic E-state index is 12.7. The Labute approximate surface area is 170 Å². The van der Waals surface area contributed by atoms with Gasteiger partial charge in [-0.1, -0.05) is 11.6 Å². The van der Waals surface area contributed by atoms with Gasteiger partial charge in [-0.05, 0) is 56.5 Å². The molecule has 0 aliphatic heterocycles.